The van der Waals surface area contributed by atoms with Crippen LogP contribution in [0.2, 0.25) is 0 Å². The number of benzene rings is 1. The Kier molecular flexibility index (Phi) is 3.62. The first-order chi connectivity index (χ1) is 8.70. The molecule has 0 unspecified atom stereocenters. The number of para-hydroxylation sites is 2. The largest absolute Gasteiger partial charge is 0.466 e. The smallest absolute Gasteiger partial charge is 0.309 e. The predicted octanol–water partition coefficient (Wildman–Crippen LogP) is 1.89. The van der Waals surface area contributed by atoms with Gasteiger partial charge < -0.3 is 15.4 Å². The Morgan fingerprint density at radius 2 is 1.94 bits per heavy atom. The third-order valence-electron chi connectivity index (χ3n) is 2.47. The van der Waals surface area contributed by atoms with Gasteiger partial charge in [-0.15, -0.1) is 0 Å². The molecule has 0 aromatic heterocycles. The fourth-order valence-corrected chi connectivity index (χ4v) is 1.64. The maximum Gasteiger partial charge on any atom is 0.309 e. The first-order valence-electron chi connectivity index (χ1n) is 5.74. The summed E-state index contributed by atoms with van der Waals surface area (Å²) in [5.41, 5.74) is 1.91. The predicted molar refractivity (Wildman–Crippen MR) is 68.0 cm³/mol. The summed E-state index contributed by atoms with van der Waals surface area (Å²) in [6.07, 6.45) is 1.61. The molecule has 94 valence electrons. The van der Waals surface area contributed by atoms with Gasteiger partial charge in [0.1, 0.15) is 5.70 Å². The molecular weight excluding hydrogens is 232 g/mol. The molecule has 0 bridgehead atoms. The van der Waals surface area contributed by atoms with Gasteiger partial charge >= 0.3 is 5.97 Å². The van der Waals surface area contributed by atoms with E-state index in [0.717, 1.165) is 11.4 Å². The van der Waals surface area contributed by atoms with Crippen molar-refractivity contribution in [1.82, 2.24) is 0 Å². The molecule has 2 rings (SSSR count). The summed E-state index contributed by atoms with van der Waals surface area (Å²) < 4.78 is 4.79. The molecule has 0 fully saturated rings. The lowest BCUT2D eigenvalue weighted by atomic mass is 10.2. The average Bonchev–Trinajstić information content (AvgIpc) is 2.36. The van der Waals surface area contributed by atoms with Crippen LogP contribution in [0.1, 0.15) is 13.3 Å². The van der Waals surface area contributed by atoms with Crippen molar-refractivity contribution in [2.75, 3.05) is 17.2 Å². The van der Waals surface area contributed by atoms with E-state index in [-0.39, 0.29) is 18.3 Å². The summed E-state index contributed by atoms with van der Waals surface area (Å²) in [7, 11) is 0. The number of hydrogen-bond acceptors (Lipinski definition) is 4. The van der Waals surface area contributed by atoms with Crippen LogP contribution >= 0.6 is 0 Å². The summed E-state index contributed by atoms with van der Waals surface area (Å²) in [5.74, 6) is -0.601. The van der Waals surface area contributed by atoms with Crippen LogP contribution in [0.3, 0.4) is 0 Å². The van der Waals surface area contributed by atoms with E-state index >= 15 is 0 Å². The summed E-state index contributed by atoms with van der Waals surface area (Å²) in [6.45, 7) is 2.08. The molecule has 1 aliphatic heterocycles. The molecule has 5 heteroatoms. The van der Waals surface area contributed by atoms with Gasteiger partial charge in [0, 0.05) is 0 Å². The number of ether oxygens (including phenoxy) is 1. The Balaban J connectivity index is 2.10. The number of anilines is 2. The molecule has 2 N–H and O–H groups in total. The topological polar surface area (TPSA) is 67.4 Å². The molecule has 0 atom stereocenters. The van der Waals surface area contributed by atoms with E-state index in [1.807, 2.05) is 24.3 Å². The number of fused-ring (bicyclic) bond motifs is 1. The zero-order valence-corrected chi connectivity index (χ0v) is 10.0. The van der Waals surface area contributed by atoms with Crippen LogP contribution in [-0.4, -0.2) is 18.5 Å². The Morgan fingerprint density at radius 3 is 2.61 bits per heavy atom. The molecule has 1 heterocycles. The number of nitrogens with one attached hydrogen (secondary N) is 2. The van der Waals surface area contributed by atoms with Crippen LogP contribution in [0, 0.1) is 0 Å². The highest BCUT2D eigenvalue weighted by molar-refractivity contribution is 6.11. The molecule has 1 aromatic rings. The SMILES string of the molecule is CCOC(=O)C/C=C1/Nc2ccccc2NC1=O. The van der Waals surface area contributed by atoms with E-state index in [1.165, 1.54) is 6.08 Å². The fraction of sp³-hybridized carbons (Fsp3) is 0.231. The van der Waals surface area contributed by atoms with E-state index in [1.54, 1.807) is 6.92 Å². The van der Waals surface area contributed by atoms with Crippen molar-refractivity contribution < 1.29 is 14.3 Å². The van der Waals surface area contributed by atoms with Crippen LogP contribution in [0.15, 0.2) is 36.0 Å². The van der Waals surface area contributed by atoms with Gasteiger partial charge in [0.15, 0.2) is 0 Å². The first-order valence-corrected chi connectivity index (χ1v) is 5.74. The highest BCUT2D eigenvalue weighted by Gasteiger charge is 2.18. The molecule has 0 spiro atoms. The number of rotatable bonds is 3. The Bertz CT molecular complexity index is 509. The van der Waals surface area contributed by atoms with Crippen LogP contribution in [0.4, 0.5) is 11.4 Å². The van der Waals surface area contributed by atoms with Crippen LogP contribution in [0.25, 0.3) is 0 Å². The van der Waals surface area contributed by atoms with Crippen LogP contribution in [-0.2, 0) is 14.3 Å². The summed E-state index contributed by atoms with van der Waals surface area (Å²) >= 11 is 0. The maximum atomic E-state index is 11.7. The van der Waals surface area contributed by atoms with Crippen molar-refractivity contribution in [2.45, 2.75) is 13.3 Å². The Hall–Kier alpha value is -2.30. The molecule has 0 aliphatic carbocycles. The average molecular weight is 246 g/mol. The second-order valence-electron chi connectivity index (χ2n) is 3.75. The lowest BCUT2D eigenvalue weighted by Crippen LogP contribution is -2.25. The highest BCUT2D eigenvalue weighted by atomic mass is 16.5. The van der Waals surface area contributed by atoms with Crippen molar-refractivity contribution in [2.24, 2.45) is 0 Å². The van der Waals surface area contributed by atoms with Gasteiger partial charge in [-0.25, -0.2) is 0 Å². The monoisotopic (exact) mass is 246 g/mol. The molecule has 5 nitrogen and oxygen atoms in total. The van der Waals surface area contributed by atoms with Gasteiger partial charge in [-0.1, -0.05) is 12.1 Å². The fourth-order valence-electron chi connectivity index (χ4n) is 1.64. The summed E-state index contributed by atoms with van der Waals surface area (Å²) in [6, 6.07) is 7.37. The van der Waals surface area contributed by atoms with Crippen molar-refractivity contribution in [1.29, 1.82) is 0 Å². The van der Waals surface area contributed by atoms with E-state index in [4.69, 9.17) is 4.74 Å². The lowest BCUT2D eigenvalue weighted by Gasteiger charge is -2.20. The van der Waals surface area contributed by atoms with E-state index < -0.39 is 0 Å². The third kappa shape index (κ3) is 2.68. The van der Waals surface area contributed by atoms with Crippen LogP contribution in [0.5, 0.6) is 0 Å². The molecule has 0 saturated carbocycles. The first kappa shape index (κ1) is 12.2. The van der Waals surface area contributed by atoms with Crippen molar-refractivity contribution in [3.05, 3.63) is 36.0 Å². The van der Waals surface area contributed by atoms with Crippen molar-refractivity contribution >= 4 is 23.3 Å². The van der Waals surface area contributed by atoms with E-state index in [9.17, 15) is 9.59 Å². The second-order valence-corrected chi connectivity index (χ2v) is 3.75. The van der Waals surface area contributed by atoms with Gasteiger partial charge in [0.25, 0.3) is 5.91 Å². The lowest BCUT2D eigenvalue weighted by molar-refractivity contribution is -0.142. The number of esters is 1. The maximum absolute atomic E-state index is 11.7. The van der Waals surface area contributed by atoms with E-state index in [2.05, 4.69) is 10.6 Å². The van der Waals surface area contributed by atoms with Gasteiger partial charge in [0.2, 0.25) is 0 Å². The van der Waals surface area contributed by atoms with Crippen molar-refractivity contribution in [3.8, 4) is 0 Å². The van der Waals surface area contributed by atoms with Gasteiger partial charge in [-0.2, -0.15) is 0 Å². The molecule has 0 saturated heterocycles. The minimum Gasteiger partial charge on any atom is -0.466 e. The number of carbonyl (C=O) groups excluding carboxylic acids is 2. The molecule has 1 aromatic carbocycles. The van der Waals surface area contributed by atoms with Crippen molar-refractivity contribution in [3.63, 3.8) is 0 Å². The molecule has 1 amide bonds. The van der Waals surface area contributed by atoms with Crippen LogP contribution < -0.4 is 10.6 Å². The zero-order chi connectivity index (χ0) is 13.0. The quantitative estimate of drug-likeness (QED) is 0.631. The van der Waals surface area contributed by atoms with E-state index in [0.29, 0.717) is 12.3 Å². The number of carbonyl (C=O) groups is 2. The van der Waals surface area contributed by atoms with Gasteiger partial charge in [-0.3, -0.25) is 9.59 Å². The number of hydrogen-bond donors (Lipinski definition) is 2. The van der Waals surface area contributed by atoms with Gasteiger partial charge in [0.05, 0.1) is 24.4 Å². The normalized spacial score (nSPS) is 15.6. The van der Waals surface area contributed by atoms with Gasteiger partial charge in [-0.05, 0) is 25.1 Å². The Morgan fingerprint density at radius 1 is 1.28 bits per heavy atom. The Labute approximate surface area is 105 Å². The second kappa shape index (κ2) is 5.35. The third-order valence-corrected chi connectivity index (χ3v) is 2.47. The molecule has 0 radical (unpaired) electrons. The molecular formula is C13H14N2O3. The minimum atomic E-state index is -0.349. The zero-order valence-electron chi connectivity index (χ0n) is 10.0. The molecule has 1 aliphatic rings. The highest BCUT2D eigenvalue weighted by Crippen LogP contribution is 2.27. The summed E-state index contributed by atoms with van der Waals surface area (Å²) in [4.78, 5) is 22.9. The standard InChI is InChI=1S/C13H14N2O3/c1-2-18-12(16)8-7-11-13(17)15-10-6-4-3-5-9(10)14-11/h3-7,14H,2,8H2,1H3,(H,15,17)/b11-7+. The minimum absolute atomic E-state index is 0.0752. The number of amides is 1. The summed E-state index contributed by atoms with van der Waals surface area (Å²) in [5, 5.41) is 5.73. The molecule has 18 heavy (non-hydrogen) atoms.